The SMILES string of the molecule is COc1cccc(C2C(C(=O)c3ccccc3F)N3c4ccccc4C=CC3C23C(=O)c2ccccc2C3=O)c1. The molecule has 40 heavy (non-hydrogen) atoms. The molecule has 4 aromatic carbocycles. The van der Waals surface area contributed by atoms with Crippen LogP contribution in [0.15, 0.2) is 103 Å². The Hall–Kier alpha value is -4.84. The smallest absolute Gasteiger partial charge is 0.188 e. The maximum absolute atomic E-state index is 15.2. The van der Waals surface area contributed by atoms with Crippen LogP contribution >= 0.6 is 0 Å². The number of fused-ring (bicyclic) bond motifs is 5. The van der Waals surface area contributed by atoms with E-state index in [0.717, 1.165) is 5.56 Å². The van der Waals surface area contributed by atoms with Gasteiger partial charge in [-0.15, -0.1) is 0 Å². The molecule has 1 spiro atoms. The Kier molecular flexibility index (Phi) is 5.36. The Morgan fingerprint density at radius 2 is 1.52 bits per heavy atom. The number of carbonyl (C=O) groups excluding carboxylic acids is 3. The first-order valence-electron chi connectivity index (χ1n) is 13.2. The lowest BCUT2D eigenvalue weighted by atomic mass is 9.64. The number of rotatable bonds is 4. The number of hydrogen-bond donors (Lipinski definition) is 0. The first kappa shape index (κ1) is 24.2. The van der Waals surface area contributed by atoms with E-state index in [1.54, 1.807) is 48.5 Å². The van der Waals surface area contributed by atoms with Gasteiger partial charge in [0.15, 0.2) is 17.3 Å². The Bertz CT molecular complexity index is 1720. The third-order valence-electron chi connectivity index (χ3n) is 8.57. The van der Waals surface area contributed by atoms with Crippen LogP contribution in [0.25, 0.3) is 6.08 Å². The number of methoxy groups -OCH3 is 1. The van der Waals surface area contributed by atoms with Crippen molar-refractivity contribution in [2.24, 2.45) is 5.41 Å². The minimum Gasteiger partial charge on any atom is -0.497 e. The van der Waals surface area contributed by atoms with Crippen molar-refractivity contribution in [3.05, 3.63) is 137 Å². The van der Waals surface area contributed by atoms with Gasteiger partial charge in [-0.3, -0.25) is 14.4 Å². The molecule has 196 valence electrons. The Morgan fingerprint density at radius 1 is 0.850 bits per heavy atom. The summed E-state index contributed by atoms with van der Waals surface area (Å²) in [6.45, 7) is 0. The fourth-order valence-electron chi connectivity index (χ4n) is 6.95. The van der Waals surface area contributed by atoms with E-state index in [1.807, 2.05) is 47.4 Å². The molecular formula is C34H24FNO4. The molecule has 0 bridgehead atoms. The zero-order valence-corrected chi connectivity index (χ0v) is 21.6. The van der Waals surface area contributed by atoms with E-state index in [9.17, 15) is 14.4 Å². The van der Waals surface area contributed by atoms with Crippen LogP contribution in [0, 0.1) is 11.2 Å². The van der Waals surface area contributed by atoms with E-state index in [-0.39, 0.29) is 17.1 Å². The zero-order valence-electron chi connectivity index (χ0n) is 21.6. The second kappa shape index (κ2) is 8.85. The molecule has 1 fully saturated rings. The number of carbonyl (C=O) groups is 3. The highest BCUT2D eigenvalue weighted by molar-refractivity contribution is 6.32. The van der Waals surface area contributed by atoms with Gasteiger partial charge in [0.1, 0.15) is 23.0 Å². The average Bonchev–Trinajstić information content (AvgIpc) is 3.43. The highest BCUT2D eigenvalue weighted by atomic mass is 19.1. The van der Waals surface area contributed by atoms with Crippen LogP contribution in [0.3, 0.4) is 0 Å². The van der Waals surface area contributed by atoms with Crippen LogP contribution < -0.4 is 9.64 Å². The summed E-state index contributed by atoms with van der Waals surface area (Å²) in [6.07, 6.45) is 3.76. The van der Waals surface area contributed by atoms with Crippen molar-refractivity contribution in [2.75, 3.05) is 12.0 Å². The van der Waals surface area contributed by atoms with E-state index in [4.69, 9.17) is 4.74 Å². The molecule has 1 aliphatic carbocycles. The number of halogens is 1. The van der Waals surface area contributed by atoms with Gasteiger partial charge in [0.05, 0.1) is 18.7 Å². The molecule has 7 rings (SSSR count). The quantitative estimate of drug-likeness (QED) is 0.234. The molecule has 4 aromatic rings. The van der Waals surface area contributed by atoms with Gasteiger partial charge in [-0.1, -0.05) is 78.9 Å². The second-order valence-corrected chi connectivity index (χ2v) is 10.4. The summed E-state index contributed by atoms with van der Waals surface area (Å²) >= 11 is 0. The van der Waals surface area contributed by atoms with Gasteiger partial charge in [-0.05, 0) is 41.5 Å². The van der Waals surface area contributed by atoms with Gasteiger partial charge < -0.3 is 9.64 Å². The summed E-state index contributed by atoms with van der Waals surface area (Å²) in [7, 11) is 1.54. The van der Waals surface area contributed by atoms with Crippen molar-refractivity contribution in [1.29, 1.82) is 0 Å². The molecule has 2 heterocycles. The van der Waals surface area contributed by atoms with Crippen LogP contribution in [0.4, 0.5) is 10.1 Å². The molecule has 0 radical (unpaired) electrons. The first-order valence-corrected chi connectivity index (χ1v) is 13.2. The first-order chi connectivity index (χ1) is 19.5. The third kappa shape index (κ3) is 3.10. The molecule has 0 saturated carbocycles. The van der Waals surface area contributed by atoms with Gasteiger partial charge in [0.25, 0.3) is 0 Å². The monoisotopic (exact) mass is 529 g/mol. The van der Waals surface area contributed by atoms with Crippen LogP contribution in [0.2, 0.25) is 0 Å². The normalized spacial score (nSPS) is 21.8. The van der Waals surface area contributed by atoms with Gasteiger partial charge in [-0.25, -0.2) is 4.39 Å². The number of benzene rings is 4. The molecule has 1 saturated heterocycles. The fourth-order valence-corrected chi connectivity index (χ4v) is 6.95. The topological polar surface area (TPSA) is 63.7 Å². The van der Waals surface area contributed by atoms with Crippen molar-refractivity contribution in [3.8, 4) is 5.75 Å². The van der Waals surface area contributed by atoms with Crippen molar-refractivity contribution in [3.63, 3.8) is 0 Å². The van der Waals surface area contributed by atoms with Crippen molar-refractivity contribution in [1.82, 2.24) is 0 Å². The predicted octanol–water partition coefficient (Wildman–Crippen LogP) is 6.15. The average molecular weight is 530 g/mol. The van der Waals surface area contributed by atoms with E-state index in [0.29, 0.717) is 28.1 Å². The van der Waals surface area contributed by atoms with Crippen LogP contribution in [-0.2, 0) is 0 Å². The standard InChI is InChI=1S/C34H24FNO4/c1-40-22-11-8-10-21(19-22)29-30(31(37)25-14-5-6-15-26(25)35)36-27-16-7-2-9-20(27)17-18-28(36)34(29)32(38)23-12-3-4-13-24(23)33(34)39/h2-19,28-30H,1H3. The largest absolute Gasteiger partial charge is 0.497 e. The third-order valence-corrected chi connectivity index (χ3v) is 8.57. The van der Waals surface area contributed by atoms with Crippen LogP contribution in [0.1, 0.15) is 48.1 Å². The summed E-state index contributed by atoms with van der Waals surface area (Å²) in [6, 6.07) is 25.5. The van der Waals surface area contributed by atoms with Crippen molar-refractivity contribution < 1.29 is 23.5 Å². The summed E-state index contributed by atoms with van der Waals surface area (Å²) in [5, 5.41) is 0. The fraction of sp³-hybridized carbons (Fsp3) is 0.147. The van der Waals surface area contributed by atoms with E-state index in [1.165, 1.54) is 25.3 Å². The number of ether oxygens (including phenoxy) is 1. The summed E-state index contributed by atoms with van der Waals surface area (Å²) in [5.74, 6) is -2.20. The van der Waals surface area contributed by atoms with Gasteiger partial charge in [-0.2, -0.15) is 0 Å². The molecule has 0 N–H and O–H groups in total. The molecule has 0 aromatic heterocycles. The molecular weight excluding hydrogens is 505 g/mol. The lowest BCUT2D eigenvalue weighted by molar-refractivity contribution is 0.0665. The van der Waals surface area contributed by atoms with Crippen molar-refractivity contribution in [2.45, 2.75) is 18.0 Å². The number of hydrogen-bond acceptors (Lipinski definition) is 5. The lowest BCUT2D eigenvalue weighted by Crippen LogP contribution is -2.48. The summed E-state index contributed by atoms with van der Waals surface area (Å²) in [4.78, 5) is 45.6. The Labute approximate surface area is 230 Å². The van der Waals surface area contributed by atoms with Crippen LogP contribution in [-0.4, -0.2) is 36.5 Å². The molecule has 6 heteroatoms. The second-order valence-electron chi connectivity index (χ2n) is 10.4. The van der Waals surface area contributed by atoms with Gasteiger partial charge in [0.2, 0.25) is 0 Å². The highest BCUT2D eigenvalue weighted by Gasteiger charge is 2.71. The summed E-state index contributed by atoms with van der Waals surface area (Å²) in [5.41, 5.74) is 1.11. The molecule has 5 nitrogen and oxygen atoms in total. The number of nitrogens with zero attached hydrogens (tertiary/aromatic N) is 1. The van der Waals surface area contributed by atoms with Gasteiger partial charge >= 0.3 is 0 Å². The number of para-hydroxylation sites is 1. The minimum absolute atomic E-state index is 0.0846. The Morgan fingerprint density at radius 3 is 2.25 bits per heavy atom. The lowest BCUT2D eigenvalue weighted by Gasteiger charge is -2.37. The number of ketones is 3. The zero-order chi connectivity index (χ0) is 27.6. The number of Topliss-reactive ketones (excluding diaryl/α,β-unsaturated/α-hetero) is 3. The molecule has 2 aliphatic heterocycles. The van der Waals surface area contributed by atoms with Crippen molar-refractivity contribution >= 4 is 29.1 Å². The maximum atomic E-state index is 15.2. The van der Waals surface area contributed by atoms with Crippen LogP contribution in [0.5, 0.6) is 5.75 Å². The maximum Gasteiger partial charge on any atom is 0.188 e. The predicted molar refractivity (Wildman–Crippen MR) is 150 cm³/mol. The highest BCUT2D eigenvalue weighted by Crippen LogP contribution is 2.61. The molecule has 3 atom stereocenters. The van der Waals surface area contributed by atoms with Gasteiger partial charge in [0, 0.05) is 22.7 Å². The molecule has 0 amide bonds. The molecule has 3 unspecified atom stereocenters. The molecule has 3 aliphatic rings. The summed E-state index contributed by atoms with van der Waals surface area (Å²) < 4.78 is 20.7. The van der Waals surface area contributed by atoms with E-state index in [2.05, 4.69) is 0 Å². The minimum atomic E-state index is -1.65. The number of anilines is 1. The van der Waals surface area contributed by atoms with E-state index >= 15 is 4.39 Å². The Balaban J connectivity index is 1.57. The van der Waals surface area contributed by atoms with E-state index < -0.39 is 35.0 Å².